The van der Waals surface area contributed by atoms with Gasteiger partial charge >= 0.3 is 6.03 Å². The number of para-hydroxylation sites is 1. The molecule has 0 spiro atoms. The molecule has 1 aromatic heterocycles. The maximum absolute atomic E-state index is 13.4. The fourth-order valence-corrected chi connectivity index (χ4v) is 6.49. The lowest BCUT2D eigenvalue weighted by Crippen LogP contribution is -2.66. The van der Waals surface area contributed by atoms with Gasteiger partial charge in [-0.1, -0.05) is 18.2 Å². The molecule has 2 N–H and O–H groups in total. The van der Waals surface area contributed by atoms with Crippen LogP contribution in [0, 0.1) is 11.8 Å². The Labute approximate surface area is 201 Å². The van der Waals surface area contributed by atoms with Crippen LogP contribution in [0.4, 0.5) is 10.5 Å². The third-order valence-electron chi connectivity index (χ3n) is 7.89. The molecule has 0 aliphatic carbocycles. The highest BCUT2D eigenvalue weighted by Crippen LogP contribution is 2.43. The molecular formula is C27H36N4O3. The SMILES string of the molecule is O=C(CCC[C@@H]1[C@H]2CCCN3CCC[C@@H](CN1C(=O)NCc1ccco1)[C@@H]23)Nc1ccccc1. The Morgan fingerprint density at radius 1 is 1.03 bits per heavy atom. The Hall–Kier alpha value is -2.80. The summed E-state index contributed by atoms with van der Waals surface area (Å²) in [4.78, 5) is 30.7. The zero-order valence-electron chi connectivity index (χ0n) is 19.8. The van der Waals surface area contributed by atoms with Gasteiger partial charge in [-0.15, -0.1) is 0 Å². The number of rotatable bonds is 7. The highest BCUT2D eigenvalue weighted by Gasteiger charge is 2.49. The number of anilines is 1. The average Bonchev–Trinajstić information content (AvgIpc) is 3.38. The van der Waals surface area contributed by atoms with Crippen LogP contribution >= 0.6 is 0 Å². The van der Waals surface area contributed by atoms with Gasteiger partial charge in [0.15, 0.2) is 0 Å². The number of furan rings is 1. The topological polar surface area (TPSA) is 77.8 Å². The highest BCUT2D eigenvalue weighted by molar-refractivity contribution is 5.90. The Bertz CT molecular complexity index is 946. The van der Waals surface area contributed by atoms with Gasteiger partial charge in [0.05, 0.1) is 12.8 Å². The second kappa shape index (κ2) is 10.6. The molecule has 0 bridgehead atoms. The Kier molecular flexibility index (Phi) is 7.19. The molecule has 0 unspecified atom stereocenters. The van der Waals surface area contributed by atoms with Gasteiger partial charge in [-0.2, -0.15) is 0 Å². The van der Waals surface area contributed by atoms with E-state index in [9.17, 15) is 9.59 Å². The number of likely N-dealkylation sites (tertiary alicyclic amines) is 1. The predicted molar refractivity (Wildman–Crippen MR) is 131 cm³/mol. The average molecular weight is 465 g/mol. The summed E-state index contributed by atoms with van der Waals surface area (Å²) < 4.78 is 5.41. The van der Waals surface area contributed by atoms with Crippen molar-refractivity contribution < 1.29 is 14.0 Å². The number of carbonyl (C=O) groups excluding carboxylic acids is 2. The van der Waals surface area contributed by atoms with E-state index in [1.54, 1.807) is 6.26 Å². The van der Waals surface area contributed by atoms with Gasteiger partial charge in [-0.3, -0.25) is 9.69 Å². The lowest BCUT2D eigenvalue weighted by atomic mass is 9.69. The molecule has 0 radical (unpaired) electrons. The van der Waals surface area contributed by atoms with Crippen molar-refractivity contribution >= 4 is 17.6 Å². The molecule has 1 aromatic carbocycles. The van der Waals surface area contributed by atoms with Crippen LogP contribution in [-0.2, 0) is 11.3 Å². The number of amides is 3. The molecule has 7 nitrogen and oxygen atoms in total. The quantitative estimate of drug-likeness (QED) is 0.634. The maximum atomic E-state index is 13.4. The molecule has 34 heavy (non-hydrogen) atoms. The van der Waals surface area contributed by atoms with Crippen LogP contribution in [0.15, 0.2) is 53.1 Å². The third-order valence-corrected chi connectivity index (χ3v) is 7.89. The fourth-order valence-electron chi connectivity index (χ4n) is 6.49. The number of nitrogens with zero attached hydrogens (tertiary/aromatic N) is 2. The van der Waals surface area contributed by atoms with Crippen molar-refractivity contribution in [3.8, 4) is 0 Å². The lowest BCUT2D eigenvalue weighted by Gasteiger charge is -2.57. The molecule has 3 saturated heterocycles. The van der Waals surface area contributed by atoms with Crippen LogP contribution in [0.2, 0.25) is 0 Å². The zero-order chi connectivity index (χ0) is 23.3. The number of carbonyl (C=O) groups is 2. The first-order valence-corrected chi connectivity index (χ1v) is 12.8. The summed E-state index contributed by atoms with van der Waals surface area (Å²) in [5.74, 6) is 1.83. The van der Waals surface area contributed by atoms with E-state index < -0.39 is 0 Å². The highest BCUT2D eigenvalue weighted by atomic mass is 16.3. The van der Waals surface area contributed by atoms with Crippen LogP contribution in [0.5, 0.6) is 0 Å². The monoisotopic (exact) mass is 464 g/mol. The van der Waals surface area contributed by atoms with Gasteiger partial charge in [0.2, 0.25) is 5.91 Å². The lowest BCUT2D eigenvalue weighted by molar-refractivity contribution is -0.116. The molecule has 3 fully saturated rings. The van der Waals surface area contributed by atoms with Gasteiger partial charge in [0, 0.05) is 30.7 Å². The van der Waals surface area contributed by atoms with Crippen LogP contribution in [0.1, 0.15) is 50.7 Å². The molecule has 3 amide bonds. The largest absolute Gasteiger partial charge is 0.467 e. The van der Waals surface area contributed by atoms with Gasteiger partial charge in [-0.25, -0.2) is 4.79 Å². The molecular weight excluding hydrogens is 428 g/mol. The Balaban J connectivity index is 1.25. The summed E-state index contributed by atoms with van der Waals surface area (Å²) in [6.45, 7) is 3.59. The molecule has 7 heteroatoms. The fraction of sp³-hybridized carbons (Fsp3) is 0.556. The Morgan fingerprint density at radius 2 is 1.85 bits per heavy atom. The zero-order valence-corrected chi connectivity index (χ0v) is 19.8. The molecule has 182 valence electrons. The number of nitrogens with one attached hydrogen (secondary N) is 2. The summed E-state index contributed by atoms with van der Waals surface area (Å²) in [5.41, 5.74) is 0.831. The van der Waals surface area contributed by atoms with E-state index in [0.29, 0.717) is 30.8 Å². The van der Waals surface area contributed by atoms with Crippen LogP contribution < -0.4 is 10.6 Å². The summed E-state index contributed by atoms with van der Waals surface area (Å²) in [5, 5.41) is 6.07. The van der Waals surface area contributed by atoms with Crippen molar-refractivity contribution in [2.45, 2.75) is 63.6 Å². The molecule has 3 aliphatic heterocycles. The van der Waals surface area contributed by atoms with Crippen LogP contribution in [-0.4, -0.2) is 53.5 Å². The third kappa shape index (κ3) is 5.14. The van der Waals surface area contributed by atoms with Crippen molar-refractivity contribution in [3.63, 3.8) is 0 Å². The molecule has 0 saturated carbocycles. The minimum absolute atomic E-state index is 0.00344. The normalized spacial score (nSPS) is 26.5. The minimum atomic E-state index is -0.00344. The standard InChI is InChI=1S/C27H36N4O3/c32-25(29-21-9-2-1-3-10-21)14-4-13-24-23-12-6-16-30-15-5-8-20(26(23)30)19-31(24)27(33)28-18-22-11-7-17-34-22/h1-3,7,9-11,17,20,23-24,26H,4-6,8,12-16,18-19H2,(H,28,33)(H,29,32)/t20-,23+,24+,26-/m0/s1. The first-order valence-electron chi connectivity index (χ1n) is 12.8. The number of piperidine rings is 3. The van der Waals surface area contributed by atoms with Gasteiger partial charge in [-0.05, 0) is 87.7 Å². The number of hydrogen-bond donors (Lipinski definition) is 2. The van der Waals surface area contributed by atoms with Crippen LogP contribution in [0.25, 0.3) is 0 Å². The van der Waals surface area contributed by atoms with E-state index >= 15 is 0 Å². The molecule has 4 heterocycles. The summed E-state index contributed by atoms with van der Waals surface area (Å²) in [6.07, 6.45) is 8.52. The molecule has 3 aliphatic rings. The van der Waals surface area contributed by atoms with Crippen molar-refractivity contribution in [1.82, 2.24) is 15.1 Å². The van der Waals surface area contributed by atoms with Crippen LogP contribution in [0.3, 0.4) is 0 Å². The first kappa shape index (κ1) is 23.0. The van der Waals surface area contributed by atoms with Crippen molar-refractivity contribution in [2.75, 3.05) is 25.0 Å². The number of benzene rings is 1. The second-order valence-corrected chi connectivity index (χ2v) is 10.00. The predicted octanol–water partition coefficient (Wildman–Crippen LogP) is 4.47. The van der Waals surface area contributed by atoms with E-state index in [2.05, 4.69) is 20.4 Å². The summed E-state index contributed by atoms with van der Waals surface area (Å²) >= 11 is 0. The van der Waals surface area contributed by atoms with Gasteiger partial charge < -0.3 is 20.0 Å². The van der Waals surface area contributed by atoms with E-state index in [-0.39, 0.29) is 18.0 Å². The smallest absolute Gasteiger partial charge is 0.318 e. The maximum Gasteiger partial charge on any atom is 0.318 e. The first-order chi connectivity index (χ1) is 16.7. The molecule has 2 aromatic rings. The molecule has 4 atom stereocenters. The second-order valence-electron chi connectivity index (χ2n) is 10.00. The van der Waals surface area contributed by atoms with Gasteiger partial charge in [0.25, 0.3) is 0 Å². The van der Waals surface area contributed by atoms with E-state index in [1.165, 1.54) is 38.8 Å². The summed E-state index contributed by atoms with van der Waals surface area (Å²) in [6, 6.07) is 14.1. The van der Waals surface area contributed by atoms with E-state index in [1.807, 2.05) is 42.5 Å². The number of urea groups is 1. The van der Waals surface area contributed by atoms with Crippen molar-refractivity contribution in [3.05, 3.63) is 54.5 Å². The van der Waals surface area contributed by atoms with Crippen molar-refractivity contribution in [1.29, 1.82) is 0 Å². The van der Waals surface area contributed by atoms with E-state index in [0.717, 1.165) is 30.8 Å². The van der Waals surface area contributed by atoms with E-state index in [4.69, 9.17) is 4.42 Å². The minimum Gasteiger partial charge on any atom is -0.467 e. The number of hydrogen-bond acceptors (Lipinski definition) is 4. The Morgan fingerprint density at radius 3 is 2.65 bits per heavy atom. The van der Waals surface area contributed by atoms with Crippen molar-refractivity contribution in [2.24, 2.45) is 11.8 Å². The summed E-state index contributed by atoms with van der Waals surface area (Å²) in [7, 11) is 0. The molecule has 5 rings (SSSR count). The van der Waals surface area contributed by atoms with Gasteiger partial charge in [0.1, 0.15) is 5.76 Å².